The third-order valence-electron chi connectivity index (χ3n) is 5.36. The van der Waals surface area contributed by atoms with E-state index in [-0.39, 0.29) is 0 Å². The normalized spacial score (nSPS) is 27.2. The molecule has 3 nitrogen and oxygen atoms in total. The second-order valence-corrected chi connectivity index (χ2v) is 6.49. The van der Waals surface area contributed by atoms with Crippen LogP contribution in [0.2, 0.25) is 0 Å². The molecule has 0 aromatic rings. The number of carboxylic acids is 1. The minimum Gasteiger partial charge on any atom is -0.481 e. The summed E-state index contributed by atoms with van der Waals surface area (Å²) in [7, 11) is 0. The molecule has 1 spiro atoms. The number of hydrogen-bond donors (Lipinski definition) is 2. The Balaban J connectivity index is 2.02. The molecule has 2 aliphatic carbocycles. The molecular formula is C15H26O3. The van der Waals surface area contributed by atoms with Gasteiger partial charge in [0.05, 0.1) is 11.5 Å². The number of carbonyl (C=O) groups is 1. The Morgan fingerprint density at radius 1 is 1.11 bits per heavy atom. The molecule has 2 saturated carbocycles. The van der Waals surface area contributed by atoms with Gasteiger partial charge in [-0.2, -0.15) is 0 Å². The largest absolute Gasteiger partial charge is 0.481 e. The summed E-state index contributed by atoms with van der Waals surface area (Å²) in [4.78, 5) is 11.3. The first-order valence-electron chi connectivity index (χ1n) is 7.47. The quantitative estimate of drug-likeness (QED) is 0.809. The molecule has 0 heterocycles. The van der Waals surface area contributed by atoms with Gasteiger partial charge in [0.2, 0.25) is 0 Å². The number of aliphatic carboxylic acids is 1. The fraction of sp³-hybridized carbons (Fsp3) is 0.933. The second kappa shape index (κ2) is 5.20. The molecule has 3 heteroatoms. The van der Waals surface area contributed by atoms with Crippen LogP contribution < -0.4 is 0 Å². The minimum atomic E-state index is -0.949. The minimum absolute atomic E-state index is 0.446. The zero-order valence-electron chi connectivity index (χ0n) is 11.5. The van der Waals surface area contributed by atoms with Gasteiger partial charge in [-0.25, -0.2) is 0 Å². The molecule has 2 aliphatic rings. The van der Waals surface area contributed by atoms with Crippen molar-refractivity contribution < 1.29 is 15.0 Å². The highest BCUT2D eigenvalue weighted by Gasteiger charge is 2.48. The van der Waals surface area contributed by atoms with Gasteiger partial charge in [0.15, 0.2) is 0 Å². The lowest BCUT2D eigenvalue weighted by Gasteiger charge is -2.44. The zero-order valence-corrected chi connectivity index (χ0v) is 11.5. The Morgan fingerprint density at radius 3 is 2.11 bits per heavy atom. The third kappa shape index (κ3) is 2.56. The topological polar surface area (TPSA) is 57.5 Å². The van der Waals surface area contributed by atoms with E-state index in [0.717, 1.165) is 19.3 Å². The van der Waals surface area contributed by atoms with E-state index >= 15 is 0 Å². The second-order valence-electron chi connectivity index (χ2n) is 6.49. The smallest absolute Gasteiger partial charge is 0.309 e. The lowest BCUT2D eigenvalue weighted by molar-refractivity contribution is -0.158. The standard InChI is InChI=1S/C15H26O3/c1-2-5-12(13(16)17)15(18)10-8-14(9-11-15)6-3-4-7-14/h12,18H,2-11H2,1H3,(H,16,17). The van der Waals surface area contributed by atoms with Crippen LogP contribution >= 0.6 is 0 Å². The zero-order chi connectivity index (χ0) is 13.2. The van der Waals surface area contributed by atoms with E-state index < -0.39 is 17.5 Å². The Kier molecular flexibility index (Phi) is 4.00. The molecule has 2 rings (SSSR count). The Morgan fingerprint density at radius 2 is 1.67 bits per heavy atom. The first kappa shape index (κ1) is 13.9. The van der Waals surface area contributed by atoms with E-state index in [0.29, 0.717) is 24.7 Å². The van der Waals surface area contributed by atoms with Crippen molar-refractivity contribution in [2.24, 2.45) is 11.3 Å². The molecule has 0 aromatic carbocycles. The predicted octanol–water partition coefficient (Wildman–Crippen LogP) is 3.35. The van der Waals surface area contributed by atoms with Crippen molar-refractivity contribution in [1.29, 1.82) is 0 Å². The van der Waals surface area contributed by atoms with Crippen molar-refractivity contribution in [3.05, 3.63) is 0 Å². The number of rotatable bonds is 4. The summed E-state index contributed by atoms with van der Waals surface area (Å²) in [5.74, 6) is -1.39. The molecule has 1 unspecified atom stereocenters. The molecule has 0 bridgehead atoms. The van der Waals surface area contributed by atoms with E-state index in [2.05, 4.69) is 0 Å². The van der Waals surface area contributed by atoms with Crippen LogP contribution in [-0.4, -0.2) is 21.8 Å². The van der Waals surface area contributed by atoms with Crippen LogP contribution in [0.1, 0.15) is 71.1 Å². The van der Waals surface area contributed by atoms with Gasteiger partial charge in [0.25, 0.3) is 0 Å². The van der Waals surface area contributed by atoms with E-state index in [1.54, 1.807) is 0 Å². The monoisotopic (exact) mass is 254 g/mol. The highest BCUT2D eigenvalue weighted by molar-refractivity contribution is 5.71. The average Bonchev–Trinajstić information content (AvgIpc) is 2.79. The van der Waals surface area contributed by atoms with Gasteiger partial charge in [-0.15, -0.1) is 0 Å². The van der Waals surface area contributed by atoms with Gasteiger partial charge in [-0.3, -0.25) is 4.79 Å². The summed E-state index contributed by atoms with van der Waals surface area (Å²) in [5, 5.41) is 20.0. The summed E-state index contributed by atoms with van der Waals surface area (Å²) in [6, 6.07) is 0. The maximum atomic E-state index is 11.3. The molecular weight excluding hydrogens is 228 g/mol. The summed E-state index contributed by atoms with van der Waals surface area (Å²) in [6.07, 6.45) is 10.0. The Labute approximate surface area is 110 Å². The maximum Gasteiger partial charge on any atom is 0.309 e. The fourth-order valence-electron chi connectivity index (χ4n) is 4.10. The highest BCUT2D eigenvalue weighted by Crippen LogP contribution is 2.53. The number of carboxylic acid groups (broad SMARTS) is 1. The van der Waals surface area contributed by atoms with Crippen molar-refractivity contribution in [2.45, 2.75) is 76.7 Å². The van der Waals surface area contributed by atoms with Crippen molar-refractivity contribution in [1.82, 2.24) is 0 Å². The van der Waals surface area contributed by atoms with Gasteiger partial charge in [0, 0.05) is 0 Å². The molecule has 2 N–H and O–H groups in total. The molecule has 1 atom stereocenters. The van der Waals surface area contributed by atoms with Crippen LogP contribution in [0.25, 0.3) is 0 Å². The summed E-state index contributed by atoms with van der Waals surface area (Å²) >= 11 is 0. The highest BCUT2D eigenvalue weighted by atomic mass is 16.4. The summed E-state index contributed by atoms with van der Waals surface area (Å²) < 4.78 is 0. The molecule has 0 amide bonds. The molecule has 104 valence electrons. The Bertz CT molecular complexity index is 295. The fourth-order valence-corrected chi connectivity index (χ4v) is 4.10. The number of aliphatic hydroxyl groups is 1. The summed E-state index contributed by atoms with van der Waals surface area (Å²) in [5.41, 5.74) is -0.503. The van der Waals surface area contributed by atoms with Crippen LogP contribution in [0, 0.1) is 11.3 Å². The molecule has 0 aliphatic heterocycles. The van der Waals surface area contributed by atoms with Gasteiger partial charge in [-0.1, -0.05) is 26.2 Å². The van der Waals surface area contributed by atoms with Gasteiger partial charge >= 0.3 is 5.97 Å². The first-order valence-corrected chi connectivity index (χ1v) is 7.47. The van der Waals surface area contributed by atoms with Gasteiger partial charge in [0.1, 0.15) is 0 Å². The molecule has 0 aromatic heterocycles. The van der Waals surface area contributed by atoms with E-state index in [1.807, 2.05) is 6.92 Å². The van der Waals surface area contributed by atoms with E-state index in [4.69, 9.17) is 0 Å². The van der Waals surface area contributed by atoms with Crippen LogP contribution in [0.3, 0.4) is 0 Å². The van der Waals surface area contributed by atoms with Crippen molar-refractivity contribution >= 4 is 5.97 Å². The molecule has 0 radical (unpaired) electrons. The van der Waals surface area contributed by atoms with Crippen molar-refractivity contribution in [3.63, 3.8) is 0 Å². The van der Waals surface area contributed by atoms with Crippen LogP contribution in [0.5, 0.6) is 0 Å². The maximum absolute atomic E-state index is 11.3. The van der Waals surface area contributed by atoms with Crippen LogP contribution in [-0.2, 0) is 4.79 Å². The lowest BCUT2D eigenvalue weighted by Crippen LogP contribution is -2.47. The van der Waals surface area contributed by atoms with E-state index in [1.165, 1.54) is 25.7 Å². The van der Waals surface area contributed by atoms with E-state index in [9.17, 15) is 15.0 Å². The van der Waals surface area contributed by atoms with Crippen molar-refractivity contribution in [3.8, 4) is 0 Å². The average molecular weight is 254 g/mol. The first-order chi connectivity index (χ1) is 8.51. The molecule has 2 fully saturated rings. The van der Waals surface area contributed by atoms with Gasteiger partial charge < -0.3 is 10.2 Å². The molecule has 0 saturated heterocycles. The van der Waals surface area contributed by atoms with Gasteiger partial charge in [-0.05, 0) is 50.4 Å². The lowest BCUT2D eigenvalue weighted by atomic mass is 9.64. The van der Waals surface area contributed by atoms with Crippen molar-refractivity contribution in [2.75, 3.05) is 0 Å². The Hall–Kier alpha value is -0.570. The molecule has 18 heavy (non-hydrogen) atoms. The third-order valence-corrected chi connectivity index (χ3v) is 5.36. The number of hydrogen-bond acceptors (Lipinski definition) is 2. The van der Waals surface area contributed by atoms with Crippen LogP contribution in [0.15, 0.2) is 0 Å². The predicted molar refractivity (Wildman–Crippen MR) is 70.4 cm³/mol. The summed E-state index contributed by atoms with van der Waals surface area (Å²) in [6.45, 7) is 1.99. The SMILES string of the molecule is CCCC(C(=O)O)C1(O)CCC2(CCCC2)CC1. The van der Waals surface area contributed by atoms with Crippen LogP contribution in [0.4, 0.5) is 0 Å².